The molecule has 30 heavy (non-hydrogen) atoms. The fourth-order valence-electron chi connectivity index (χ4n) is 2.81. The first-order valence-corrected chi connectivity index (χ1v) is 9.97. The number of benzene rings is 3. The van der Waals surface area contributed by atoms with Crippen LogP contribution in [0.25, 0.3) is 0 Å². The summed E-state index contributed by atoms with van der Waals surface area (Å²) in [5, 5.41) is 2.85. The van der Waals surface area contributed by atoms with Gasteiger partial charge in [-0.1, -0.05) is 54.6 Å². The number of hydrogen-bond donors (Lipinski definition) is 3. The maximum atomic E-state index is 12.1. The van der Waals surface area contributed by atoms with Crippen LogP contribution in [0.3, 0.4) is 0 Å². The van der Waals surface area contributed by atoms with Crippen LogP contribution in [0.5, 0.6) is 11.5 Å². The summed E-state index contributed by atoms with van der Waals surface area (Å²) in [7, 11) is 0. The van der Waals surface area contributed by atoms with Crippen molar-refractivity contribution in [2.45, 2.75) is 20.0 Å². The largest absolute Gasteiger partial charge is 0.490 e. The first-order chi connectivity index (χ1) is 14.7. The number of rotatable bonds is 11. The molecule has 3 N–H and O–H groups in total. The maximum absolute atomic E-state index is 12.1. The highest BCUT2D eigenvalue weighted by Gasteiger charge is 2.09. The molecular formula is C24H27N3O3. The second-order valence-electron chi connectivity index (χ2n) is 6.61. The molecule has 0 radical (unpaired) electrons. The average Bonchev–Trinajstić information content (AvgIpc) is 2.79. The zero-order chi connectivity index (χ0) is 21.0. The number of anilines is 1. The summed E-state index contributed by atoms with van der Waals surface area (Å²) in [6.07, 6.45) is 0. The molecule has 0 aliphatic heterocycles. The van der Waals surface area contributed by atoms with Crippen LogP contribution in [0.2, 0.25) is 0 Å². The Balaban J connectivity index is 1.50. The molecule has 0 saturated heterocycles. The molecule has 3 aromatic carbocycles. The highest BCUT2D eigenvalue weighted by Crippen LogP contribution is 2.28. The highest BCUT2D eigenvalue weighted by atomic mass is 16.5. The van der Waals surface area contributed by atoms with Gasteiger partial charge in [-0.3, -0.25) is 4.79 Å². The number of hydrazine groups is 1. The Morgan fingerprint density at radius 2 is 1.53 bits per heavy atom. The predicted octanol–water partition coefficient (Wildman–Crippen LogP) is 3.90. The predicted molar refractivity (Wildman–Crippen MR) is 118 cm³/mol. The van der Waals surface area contributed by atoms with Gasteiger partial charge in [0.05, 0.1) is 6.61 Å². The second-order valence-corrected chi connectivity index (χ2v) is 6.61. The van der Waals surface area contributed by atoms with Crippen LogP contribution in [-0.2, 0) is 17.9 Å². The van der Waals surface area contributed by atoms with Gasteiger partial charge in [0.2, 0.25) is 0 Å². The molecule has 156 valence electrons. The fraction of sp³-hybridized carbons (Fsp3) is 0.208. The Kier molecular flexibility index (Phi) is 8.12. The van der Waals surface area contributed by atoms with Crippen molar-refractivity contribution >= 4 is 11.6 Å². The van der Waals surface area contributed by atoms with E-state index in [-0.39, 0.29) is 12.5 Å². The van der Waals surface area contributed by atoms with E-state index in [1.54, 1.807) is 0 Å². The summed E-state index contributed by atoms with van der Waals surface area (Å²) in [6, 6.07) is 25.3. The average molecular weight is 405 g/mol. The third kappa shape index (κ3) is 6.83. The number of nitrogens with one attached hydrogen (secondary N) is 3. The van der Waals surface area contributed by atoms with E-state index in [0.717, 1.165) is 16.8 Å². The van der Waals surface area contributed by atoms with E-state index in [0.29, 0.717) is 31.2 Å². The number of carbonyl (C=O) groups excluding carboxylic acids is 1. The Morgan fingerprint density at radius 3 is 2.27 bits per heavy atom. The summed E-state index contributed by atoms with van der Waals surface area (Å²) < 4.78 is 11.4. The van der Waals surface area contributed by atoms with E-state index in [4.69, 9.17) is 9.47 Å². The number of ether oxygens (including phenoxy) is 2. The quantitative estimate of drug-likeness (QED) is 0.422. The lowest BCUT2D eigenvalue weighted by Crippen LogP contribution is -2.28. The van der Waals surface area contributed by atoms with Crippen molar-refractivity contribution in [3.63, 3.8) is 0 Å². The van der Waals surface area contributed by atoms with Crippen LogP contribution in [0.1, 0.15) is 18.1 Å². The van der Waals surface area contributed by atoms with Crippen molar-refractivity contribution in [3.8, 4) is 11.5 Å². The summed E-state index contributed by atoms with van der Waals surface area (Å²) in [6.45, 7) is 3.43. The van der Waals surface area contributed by atoms with Crippen molar-refractivity contribution in [1.82, 2.24) is 10.7 Å². The number of carbonyl (C=O) groups is 1. The van der Waals surface area contributed by atoms with Gasteiger partial charge >= 0.3 is 0 Å². The number of amides is 1. The Bertz CT molecular complexity index is 917. The van der Waals surface area contributed by atoms with Gasteiger partial charge in [0.25, 0.3) is 5.91 Å². The van der Waals surface area contributed by atoms with Gasteiger partial charge in [-0.05, 0) is 42.3 Å². The lowest BCUT2D eigenvalue weighted by Gasteiger charge is -2.14. The summed E-state index contributed by atoms with van der Waals surface area (Å²) in [4.78, 5) is 12.1. The minimum atomic E-state index is -0.181. The van der Waals surface area contributed by atoms with Gasteiger partial charge in [-0.2, -0.15) is 0 Å². The van der Waals surface area contributed by atoms with Gasteiger partial charge in [0.15, 0.2) is 18.1 Å². The lowest BCUT2D eigenvalue weighted by molar-refractivity contribution is -0.123. The van der Waals surface area contributed by atoms with Crippen LogP contribution in [0.15, 0.2) is 78.9 Å². The van der Waals surface area contributed by atoms with Gasteiger partial charge in [-0.15, -0.1) is 0 Å². The van der Waals surface area contributed by atoms with E-state index in [9.17, 15) is 4.79 Å². The van der Waals surface area contributed by atoms with Crippen LogP contribution >= 0.6 is 0 Å². The third-order valence-electron chi connectivity index (χ3n) is 4.30. The van der Waals surface area contributed by atoms with Gasteiger partial charge in [0, 0.05) is 18.8 Å². The smallest absolute Gasteiger partial charge is 0.258 e. The molecule has 0 aliphatic rings. The van der Waals surface area contributed by atoms with E-state index in [1.165, 1.54) is 0 Å². The monoisotopic (exact) mass is 405 g/mol. The standard InChI is InChI=1S/C24H27N3O3/c1-2-29-23-15-20(17-26-27-21-11-7-4-8-12-21)13-14-22(23)30-18-24(28)25-16-19-9-5-3-6-10-19/h3-15,26-27H,2,16-18H2,1H3,(H,25,28). The van der Waals surface area contributed by atoms with Gasteiger partial charge < -0.3 is 20.2 Å². The van der Waals surface area contributed by atoms with E-state index in [1.807, 2.05) is 85.8 Å². The summed E-state index contributed by atoms with van der Waals surface area (Å²) in [5.74, 6) is 0.984. The molecule has 0 aromatic heterocycles. The summed E-state index contributed by atoms with van der Waals surface area (Å²) in [5.41, 5.74) is 9.39. The lowest BCUT2D eigenvalue weighted by atomic mass is 10.2. The molecule has 6 nitrogen and oxygen atoms in total. The molecule has 0 saturated carbocycles. The van der Waals surface area contributed by atoms with Crippen LogP contribution in [-0.4, -0.2) is 19.1 Å². The topological polar surface area (TPSA) is 71.6 Å². The van der Waals surface area contributed by atoms with Gasteiger partial charge in [-0.25, -0.2) is 5.43 Å². The molecule has 1 amide bonds. The van der Waals surface area contributed by atoms with Crippen molar-refractivity contribution in [3.05, 3.63) is 90.0 Å². The van der Waals surface area contributed by atoms with Gasteiger partial charge in [0.1, 0.15) is 0 Å². The maximum Gasteiger partial charge on any atom is 0.258 e. The van der Waals surface area contributed by atoms with E-state index < -0.39 is 0 Å². The molecular weight excluding hydrogens is 378 g/mol. The van der Waals surface area contributed by atoms with Crippen LogP contribution in [0.4, 0.5) is 5.69 Å². The van der Waals surface area contributed by atoms with Crippen molar-refractivity contribution in [2.75, 3.05) is 18.6 Å². The van der Waals surface area contributed by atoms with Crippen molar-refractivity contribution in [2.24, 2.45) is 0 Å². The van der Waals surface area contributed by atoms with Crippen LogP contribution in [0, 0.1) is 0 Å². The van der Waals surface area contributed by atoms with Crippen molar-refractivity contribution in [1.29, 1.82) is 0 Å². The van der Waals surface area contributed by atoms with E-state index in [2.05, 4.69) is 16.2 Å². The van der Waals surface area contributed by atoms with Crippen molar-refractivity contribution < 1.29 is 14.3 Å². The molecule has 3 aromatic rings. The first-order valence-electron chi connectivity index (χ1n) is 9.97. The SMILES string of the molecule is CCOc1cc(CNNc2ccccc2)ccc1OCC(=O)NCc1ccccc1. The Labute approximate surface area is 177 Å². The fourth-order valence-corrected chi connectivity index (χ4v) is 2.81. The zero-order valence-corrected chi connectivity index (χ0v) is 17.1. The molecule has 3 rings (SSSR count). The molecule has 6 heteroatoms. The number of hydrogen-bond acceptors (Lipinski definition) is 5. The first kappa shape index (κ1) is 21.2. The molecule has 0 fully saturated rings. The second kappa shape index (κ2) is 11.5. The molecule has 0 aliphatic carbocycles. The molecule has 0 heterocycles. The minimum Gasteiger partial charge on any atom is -0.490 e. The zero-order valence-electron chi connectivity index (χ0n) is 17.1. The Hall–Kier alpha value is -3.51. The minimum absolute atomic E-state index is 0.0694. The third-order valence-corrected chi connectivity index (χ3v) is 4.30. The normalized spacial score (nSPS) is 10.3. The van der Waals surface area contributed by atoms with E-state index >= 15 is 0 Å². The molecule has 0 atom stereocenters. The molecule has 0 unspecified atom stereocenters. The molecule has 0 bridgehead atoms. The molecule has 0 spiro atoms. The Morgan fingerprint density at radius 1 is 0.800 bits per heavy atom. The highest BCUT2D eigenvalue weighted by molar-refractivity contribution is 5.77. The number of para-hydroxylation sites is 1. The summed E-state index contributed by atoms with van der Waals surface area (Å²) >= 11 is 0. The van der Waals surface area contributed by atoms with Crippen LogP contribution < -0.4 is 25.6 Å².